The van der Waals surface area contributed by atoms with Crippen molar-refractivity contribution in [3.8, 4) is 17.2 Å². The first-order valence-electron chi connectivity index (χ1n) is 8.84. The van der Waals surface area contributed by atoms with Gasteiger partial charge >= 0.3 is 6.18 Å². The van der Waals surface area contributed by atoms with Gasteiger partial charge in [-0.15, -0.1) is 0 Å². The van der Waals surface area contributed by atoms with Crippen molar-refractivity contribution in [1.82, 2.24) is 15.2 Å². The second-order valence-corrected chi connectivity index (χ2v) is 7.01. The summed E-state index contributed by atoms with van der Waals surface area (Å²) in [7, 11) is 0. The standard InChI is InChI=1S/C20H17F3N4/c1-2-3-12-8-13(10-14(9-12)19(11-24)5-6-19)15-4-7-25-18-16(15)17(26-27-18)20(21,22)23/h4,7-10H,2-3,5-6H2,1H3,(H,25,26,27). The Kier molecular flexibility index (Phi) is 3.95. The molecule has 0 radical (unpaired) electrons. The van der Waals surface area contributed by atoms with Crippen LogP contribution in [0.5, 0.6) is 0 Å². The number of aryl methyl sites for hydroxylation is 1. The Bertz CT molecular complexity index is 1060. The van der Waals surface area contributed by atoms with Crippen LogP contribution in [0.25, 0.3) is 22.2 Å². The van der Waals surface area contributed by atoms with Crippen LogP contribution >= 0.6 is 0 Å². The lowest BCUT2D eigenvalue weighted by atomic mass is 9.89. The van der Waals surface area contributed by atoms with Gasteiger partial charge in [0.05, 0.1) is 16.9 Å². The van der Waals surface area contributed by atoms with Crippen molar-refractivity contribution in [1.29, 1.82) is 5.26 Å². The van der Waals surface area contributed by atoms with E-state index in [2.05, 4.69) is 21.3 Å². The quantitative estimate of drug-likeness (QED) is 0.691. The summed E-state index contributed by atoms with van der Waals surface area (Å²) in [6.07, 6.45) is 0.166. The van der Waals surface area contributed by atoms with Gasteiger partial charge in [-0.3, -0.25) is 5.10 Å². The van der Waals surface area contributed by atoms with Gasteiger partial charge < -0.3 is 0 Å². The number of nitrogens with zero attached hydrogens (tertiary/aromatic N) is 3. The van der Waals surface area contributed by atoms with Crippen LogP contribution in [0.3, 0.4) is 0 Å². The maximum absolute atomic E-state index is 13.4. The highest BCUT2D eigenvalue weighted by Gasteiger charge is 2.45. The van der Waals surface area contributed by atoms with Crippen LogP contribution in [0.15, 0.2) is 30.5 Å². The number of aromatic amines is 1. The van der Waals surface area contributed by atoms with Gasteiger partial charge in [0.2, 0.25) is 0 Å². The number of H-pyrrole nitrogens is 1. The van der Waals surface area contributed by atoms with E-state index in [-0.39, 0.29) is 11.0 Å². The molecular weight excluding hydrogens is 353 g/mol. The molecule has 1 aliphatic rings. The molecule has 1 saturated carbocycles. The van der Waals surface area contributed by atoms with E-state index >= 15 is 0 Å². The fraction of sp³-hybridized carbons (Fsp3) is 0.350. The highest BCUT2D eigenvalue weighted by molar-refractivity contribution is 5.95. The van der Waals surface area contributed by atoms with E-state index in [1.807, 2.05) is 25.1 Å². The molecule has 0 amide bonds. The molecule has 1 N–H and O–H groups in total. The monoisotopic (exact) mass is 370 g/mol. The zero-order valence-corrected chi connectivity index (χ0v) is 14.7. The first-order valence-corrected chi connectivity index (χ1v) is 8.84. The summed E-state index contributed by atoms with van der Waals surface area (Å²) in [5.74, 6) is 0. The molecule has 3 aromatic rings. The molecule has 1 aliphatic carbocycles. The molecule has 138 valence electrons. The molecule has 0 bridgehead atoms. The summed E-state index contributed by atoms with van der Waals surface area (Å²) in [6, 6.07) is 9.72. The number of pyridine rings is 1. The summed E-state index contributed by atoms with van der Waals surface area (Å²) in [6.45, 7) is 2.05. The van der Waals surface area contributed by atoms with E-state index < -0.39 is 17.3 Å². The molecule has 7 heteroatoms. The maximum Gasteiger partial charge on any atom is 0.435 e. The lowest BCUT2D eigenvalue weighted by molar-refractivity contribution is -0.139. The van der Waals surface area contributed by atoms with Gasteiger partial charge in [0.15, 0.2) is 11.3 Å². The minimum atomic E-state index is -4.58. The highest BCUT2D eigenvalue weighted by Crippen LogP contribution is 2.49. The summed E-state index contributed by atoms with van der Waals surface area (Å²) in [5.41, 5.74) is 1.62. The normalized spacial score (nSPS) is 15.7. The number of nitrogens with one attached hydrogen (secondary N) is 1. The van der Waals surface area contributed by atoms with Crippen molar-refractivity contribution in [2.75, 3.05) is 0 Å². The van der Waals surface area contributed by atoms with Gasteiger partial charge in [0.25, 0.3) is 0 Å². The molecule has 0 atom stereocenters. The van der Waals surface area contributed by atoms with Crippen LogP contribution in [0, 0.1) is 11.3 Å². The largest absolute Gasteiger partial charge is 0.435 e. The van der Waals surface area contributed by atoms with E-state index in [1.54, 1.807) is 6.07 Å². The summed E-state index contributed by atoms with van der Waals surface area (Å²) in [5, 5.41) is 15.3. The van der Waals surface area contributed by atoms with Gasteiger partial charge in [-0.25, -0.2) is 4.98 Å². The number of alkyl halides is 3. The van der Waals surface area contributed by atoms with Crippen LogP contribution in [-0.2, 0) is 18.0 Å². The van der Waals surface area contributed by atoms with E-state index in [0.717, 1.165) is 36.8 Å². The number of benzene rings is 1. The summed E-state index contributed by atoms with van der Waals surface area (Å²) in [4.78, 5) is 3.99. The smallest absolute Gasteiger partial charge is 0.260 e. The molecule has 0 spiro atoms. The van der Waals surface area contributed by atoms with Crippen LogP contribution in [0.1, 0.15) is 43.0 Å². The average Bonchev–Trinajstić information content (AvgIpc) is 3.31. The van der Waals surface area contributed by atoms with E-state index in [1.165, 1.54) is 6.20 Å². The Balaban J connectivity index is 1.96. The van der Waals surface area contributed by atoms with Crippen molar-refractivity contribution in [2.24, 2.45) is 0 Å². The fourth-order valence-corrected chi connectivity index (χ4v) is 3.54. The second-order valence-electron chi connectivity index (χ2n) is 7.01. The first kappa shape index (κ1) is 17.5. The molecule has 1 aromatic carbocycles. The molecule has 27 heavy (non-hydrogen) atoms. The Labute approximate surface area is 154 Å². The average molecular weight is 370 g/mol. The highest BCUT2D eigenvalue weighted by atomic mass is 19.4. The fourth-order valence-electron chi connectivity index (χ4n) is 3.54. The van der Waals surface area contributed by atoms with Gasteiger partial charge in [-0.2, -0.15) is 23.5 Å². The number of hydrogen-bond donors (Lipinski definition) is 1. The topological polar surface area (TPSA) is 65.4 Å². The van der Waals surface area contributed by atoms with Crippen LogP contribution in [-0.4, -0.2) is 15.2 Å². The molecule has 0 unspecified atom stereocenters. The van der Waals surface area contributed by atoms with Crippen LogP contribution in [0.2, 0.25) is 0 Å². The first-order chi connectivity index (χ1) is 12.9. The third kappa shape index (κ3) is 2.95. The predicted octanol–water partition coefficient (Wildman–Crippen LogP) is 5.15. The predicted molar refractivity (Wildman–Crippen MR) is 94.8 cm³/mol. The number of fused-ring (bicyclic) bond motifs is 1. The van der Waals surface area contributed by atoms with E-state index in [9.17, 15) is 18.4 Å². The Morgan fingerprint density at radius 3 is 2.67 bits per heavy atom. The molecule has 4 nitrogen and oxygen atoms in total. The number of aromatic nitrogens is 3. The Hall–Kier alpha value is -2.88. The Morgan fingerprint density at radius 1 is 1.26 bits per heavy atom. The van der Waals surface area contributed by atoms with Crippen molar-refractivity contribution < 1.29 is 13.2 Å². The maximum atomic E-state index is 13.4. The minimum absolute atomic E-state index is 0.0357. The zero-order valence-electron chi connectivity index (χ0n) is 14.7. The van der Waals surface area contributed by atoms with Crippen molar-refractivity contribution in [3.63, 3.8) is 0 Å². The lowest BCUT2D eigenvalue weighted by Crippen LogP contribution is -2.07. The molecular formula is C20H17F3N4. The van der Waals surface area contributed by atoms with Crippen LogP contribution in [0.4, 0.5) is 13.2 Å². The number of nitriles is 1. The van der Waals surface area contributed by atoms with Crippen molar-refractivity contribution in [3.05, 3.63) is 47.3 Å². The summed E-state index contributed by atoms with van der Waals surface area (Å²) < 4.78 is 40.3. The molecule has 2 heterocycles. The van der Waals surface area contributed by atoms with E-state index in [4.69, 9.17) is 0 Å². The summed E-state index contributed by atoms with van der Waals surface area (Å²) >= 11 is 0. The third-order valence-electron chi connectivity index (χ3n) is 5.09. The van der Waals surface area contributed by atoms with Gasteiger partial charge in [0.1, 0.15) is 0 Å². The Morgan fingerprint density at radius 2 is 2.04 bits per heavy atom. The number of rotatable bonds is 4. The lowest BCUT2D eigenvalue weighted by Gasteiger charge is -2.14. The van der Waals surface area contributed by atoms with Crippen LogP contribution < -0.4 is 0 Å². The zero-order chi connectivity index (χ0) is 19.2. The number of halogens is 3. The van der Waals surface area contributed by atoms with Gasteiger partial charge in [-0.05, 0) is 53.6 Å². The van der Waals surface area contributed by atoms with Gasteiger partial charge in [-0.1, -0.05) is 25.5 Å². The second kappa shape index (κ2) is 6.08. The SMILES string of the molecule is CCCc1cc(-c2ccnc3[nH]nc(C(F)(F)F)c23)cc(C2(C#N)CC2)c1. The van der Waals surface area contributed by atoms with Gasteiger partial charge in [0, 0.05) is 6.20 Å². The molecule has 2 aromatic heterocycles. The number of hydrogen-bond acceptors (Lipinski definition) is 3. The molecule has 0 saturated heterocycles. The van der Waals surface area contributed by atoms with Crippen molar-refractivity contribution >= 4 is 11.0 Å². The minimum Gasteiger partial charge on any atom is -0.260 e. The third-order valence-corrected chi connectivity index (χ3v) is 5.09. The molecule has 1 fully saturated rings. The molecule has 0 aliphatic heterocycles. The van der Waals surface area contributed by atoms with Crippen molar-refractivity contribution in [2.45, 2.75) is 44.2 Å². The van der Waals surface area contributed by atoms with E-state index in [0.29, 0.717) is 11.1 Å². The molecule has 4 rings (SSSR count).